The fourth-order valence-corrected chi connectivity index (χ4v) is 2.51. The molecule has 1 unspecified atom stereocenters. The van der Waals surface area contributed by atoms with E-state index in [0.29, 0.717) is 11.4 Å². The normalized spacial score (nSPS) is 17.8. The second-order valence-corrected chi connectivity index (χ2v) is 5.18. The smallest absolute Gasteiger partial charge is 0.227 e. The zero-order valence-corrected chi connectivity index (χ0v) is 11.8. The van der Waals surface area contributed by atoms with Crippen molar-refractivity contribution >= 4 is 17.5 Å². The molecular formula is C16H15FN2O3. The van der Waals surface area contributed by atoms with E-state index in [1.807, 2.05) is 0 Å². The van der Waals surface area contributed by atoms with Gasteiger partial charge in [-0.1, -0.05) is 6.07 Å². The van der Waals surface area contributed by atoms with Crippen molar-refractivity contribution in [2.24, 2.45) is 5.92 Å². The van der Waals surface area contributed by atoms with Crippen LogP contribution in [-0.2, 0) is 16.1 Å². The lowest BCUT2D eigenvalue weighted by Crippen LogP contribution is -2.32. The van der Waals surface area contributed by atoms with Gasteiger partial charge in [0, 0.05) is 18.7 Å². The Bertz CT molecular complexity index is 684. The van der Waals surface area contributed by atoms with Gasteiger partial charge in [-0.3, -0.25) is 9.59 Å². The van der Waals surface area contributed by atoms with Gasteiger partial charge in [0.25, 0.3) is 0 Å². The fourth-order valence-electron chi connectivity index (χ4n) is 2.51. The van der Waals surface area contributed by atoms with Gasteiger partial charge in [-0.15, -0.1) is 0 Å². The van der Waals surface area contributed by atoms with E-state index in [4.69, 9.17) is 4.42 Å². The Labute approximate surface area is 126 Å². The van der Waals surface area contributed by atoms with E-state index < -0.39 is 11.7 Å². The fraction of sp³-hybridized carbons (Fsp3) is 0.250. The number of carbonyl (C=O) groups excluding carboxylic acids is 2. The third-order valence-corrected chi connectivity index (χ3v) is 3.63. The maximum atomic E-state index is 13.3. The Morgan fingerprint density at radius 1 is 1.36 bits per heavy atom. The molecule has 0 spiro atoms. The molecule has 0 radical (unpaired) electrons. The van der Waals surface area contributed by atoms with Crippen LogP contribution in [0.3, 0.4) is 0 Å². The second kappa shape index (κ2) is 6.01. The number of nitrogens with zero attached hydrogens (tertiary/aromatic N) is 1. The van der Waals surface area contributed by atoms with E-state index in [0.717, 1.165) is 0 Å². The van der Waals surface area contributed by atoms with Crippen LogP contribution in [-0.4, -0.2) is 18.4 Å². The van der Waals surface area contributed by atoms with Crippen molar-refractivity contribution in [3.05, 3.63) is 54.2 Å². The van der Waals surface area contributed by atoms with E-state index >= 15 is 0 Å². The lowest BCUT2D eigenvalue weighted by molar-refractivity contribution is -0.126. The predicted molar refractivity (Wildman–Crippen MR) is 77.4 cm³/mol. The van der Waals surface area contributed by atoms with E-state index in [-0.39, 0.29) is 31.3 Å². The third-order valence-electron chi connectivity index (χ3n) is 3.63. The molecule has 2 aromatic rings. The summed E-state index contributed by atoms with van der Waals surface area (Å²) in [6.45, 7) is 0.544. The molecule has 22 heavy (non-hydrogen) atoms. The van der Waals surface area contributed by atoms with E-state index in [2.05, 4.69) is 5.32 Å². The number of amides is 2. The van der Waals surface area contributed by atoms with Gasteiger partial charge in [0.15, 0.2) is 0 Å². The van der Waals surface area contributed by atoms with Gasteiger partial charge in [-0.05, 0) is 30.3 Å². The highest BCUT2D eigenvalue weighted by molar-refractivity contribution is 6.00. The first-order valence-electron chi connectivity index (χ1n) is 6.99. The van der Waals surface area contributed by atoms with Gasteiger partial charge in [0.1, 0.15) is 11.6 Å². The van der Waals surface area contributed by atoms with Crippen LogP contribution in [0.2, 0.25) is 0 Å². The molecule has 1 aliphatic rings. The summed E-state index contributed by atoms with van der Waals surface area (Å²) in [7, 11) is 0. The summed E-state index contributed by atoms with van der Waals surface area (Å²) in [6.07, 6.45) is 1.66. The van der Waals surface area contributed by atoms with Crippen molar-refractivity contribution in [1.82, 2.24) is 5.32 Å². The van der Waals surface area contributed by atoms with Crippen molar-refractivity contribution in [3.63, 3.8) is 0 Å². The lowest BCUT2D eigenvalue weighted by Gasteiger charge is -2.16. The number of halogens is 1. The summed E-state index contributed by atoms with van der Waals surface area (Å²) in [5.41, 5.74) is 0.478. The number of anilines is 1. The van der Waals surface area contributed by atoms with Gasteiger partial charge in [0.05, 0.1) is 18.7 Å². The van der Waals surface area contributed by atoms with Crippen molar-refractivity contribution in [1.29, 1.82) is 0 Å². The molecule has 2 heterocycles. The minimum atomic E-state index is -0.439. The van der Waals surface area contributed by atoms with Gasteiger partial charge >= 0.3 is 0 Å². The maximum absolute atomic E-state index is 13.3. The molecule has 1 saturated heterocycles. The molecule has 1 N–H and O–H groups in total. The van der Waals surface area contributed by atoms with Crippen LogP contribution in [0.4, 0.5) is 10.1 Å². The van der Waals surface area contributed by atoms with Gasteiger partial charge in [-0.25, -0.2) is 4.39 Å². The summed E-state index contributed by atoms with van der Waals surface area (Å²) in [5.74, 6) is -0.575. The van der Waals surface area contributed by atoms with Crippen LogP contribution in [0.25, 0.3) is 0 Å². The average molecular weight is 302 g/mol. The first kappa shape index (κ1) is 14.3. The predicted octanol–water partition coefficient (Wildman–Crippen LogP) is 2.09. The lowest BCUT2D eigenvalue weighted by atomic mass is 10.1. The molecule has 6 heteroatoms. The Morgan fingerprint density at radius 3 is 2.95 bits per heavy atom. The molecule has 1 aromatic carbocycles. The minimum Gasteiger partial charge on any atom is -0.467 e. The quantitative estimate of drug-likeness (QED) is 0.940. The average Bonchev–Trinajstić information content (AvgIpc) is 3.14. The molecule has 1 fully saturated rings. The van der Waals surface area contributed by atoms with E-state index in [1.54, 1.807) is 24.3 Å². The zero-order valence-electron chi connectivity index (χ0n) is 11.8. The Hall–Kier alpha value is -2.63. The van der Waals surface area contributed by atoms with Gasteiger partial charge < -0.3 is 14.6 Å². The molecule has 3 rings (SSSR count). The number of nitrogens with one attached hydrogen (secondary N) is 1. The van der Waals surface area contributed by atoms with E-state index in [9.17, 15) is 14.0 Å². The molecule has 2 amide bonds. The summed E-state index contributed by atoms with van der Waals surface area (Å²) in [4.78, 5) is 25.6. The summed E-state index contributed by atoms with van der Waals surface area (Å²) in [5, 5.41) is 2.75. The largest absolute Gasteiger partial charge is 0.467 e. The van der Waals surface area contributed by atoms with Gasteiger partial charge in [-0.2, -0.15) is 0 Å². The molecule has 1 atom stereocenters. The number of hydrogen-bond acceptors (Lipinski definition) is 3. The third kappa shape index (κ3) is 3.00. The molecule has 114 valence electrons. The molecule has 5 nitrogen and oxygen atoms in total. The summed E-state index contributed by atoms with van der Waals surface area (Å²) >= 11 is 0. The van der Waals surface area contributed by atoms with Crippen LogP contribution in [0, 0.1) is 11.7 Å². The Balaban J connectivity index is 1.62. The van der Waals surface area contributed by atoms with Crippen LogP contribution >= 0.6 is 0 Å². The first-order valence-corrected chi connectivity index (χ1v) is 6.99. The van der Waals surface area contributed by atoms with Crippen molar-refractivity contribution in [2.45, 2.75) is 13.0 Å². The second-order valence-electron chi connectivity index (χ2n) is 5.18. The minimum absolute atomic E-state index is 0.125. The Kier molecular flexibility index (Phi) is 3.91. The summed E-state index contributed by atoms with van der Waals surface area (Å²) in [6, 6.07) is 9.32. The standard InChI is InChI=1S/C16H15FN2O3/c17-12-3-1-4-13(8-12)19-10-11(7-15(19)20)16(21)18-9-14-5-2-6-22-14/h1-6,8,11H,7,9-10H2,(H,18,21). The zero-order chi connectivity index (χ0) is 15.5. The topological polar surface area (TPSA) is 62.6 Å². The summed E-state index contributed by atoms with van der Waals surface area (Å²) < 4.78 is 18.4. The highest BCUT2D eigenvalue weighted by atomic mass is 19.1. The maximum Gasteiger partial charge on any atom is 0.227 e. The van der Waals surface area contributed by atoms with Crippen molar-refractivity contribution < 1.29 is 18.4 Å². The van der Waals surface area contributed by atoms with Crippen molar-refractivity contribution in [3.8, 4) is 0 Å². The monoisotopic (exact) mass is 302 g/mol. The number of benzene rings is 1. The Morgan fingerprint density at radius 2 is 2.23 bits per heavy atom. The van der Waals surface area contributed by atoms with Crippen LogP contribution in [0.5, 0.6) is 0 Å². The van der Waals surface area contributed by atoms with Crippen molar-refractivity contribution in [2.75, 3.05) is 11.4 Å². The number of carbonyl (C=O) groups is 2. The number of rotatable bonds is 4. The molecule has 0 aliphatic carbocycles. The highest BCUT2D eigenvalue weighted by Crippen LogP contribution is 2.25. The molecule has 1 aromatic heterocycles. The van der Waals surface area contributed by atoms with Crippen LogP contribution in [0.1, 0.15) is 12.2 Å². The van der Waals surface area contributed by atoms with Crippen LogP contribution < -0.4 is 10.2 Å². The molecular weight excluding hydrogens is 287 g/mol. The SMILES string of the molecule is O=C(NCc1ccco1)C1CC(=O)N(c2cccc(F)c2)C1. The molecule has 1 aliphatic heterocycles. The highest BCUT2D eigenvalue weighted by Gasteiger charge is 2.35. The molecule has 0 saturated carbocycles. The van der Waals surface area contributed by atoms with Gasteiger partial charge in [0.2, 0.25) is 11.8 Å². The van der Waals surface area contributed by atoms with E-state index in [1.165, 1.54) is 23.3 Å². The first-order chi connectivity index (χ1) is 10.6. The molecule has 0 bridgehead atoms. The number of furan rings is 1. The van der Waals surface area contributed by atoms with Crippen LogP contribution in [0.15, 0.2) is 47.1 Å². The number of hydrogen-bond donors (Lipinski definition) is 1.